The molecule has 0 aliphatic carbocycles. The van der Waals surface area contributed by atoms with E-state index in [9.17, 15) is 4.79 Å². The van der Waals surface area contributed by atoms with Gasteiger partial charge in [-0.05, 0) is 39.3 Å². The molecule has 0 spiro atoms. The number of ether oxygens (including phenoxy) is 1. The van der Waals surface area contributed by atoms with Gasteiger partial charge in [-0.2, -0.15) is 0 Å². The molecule has 0 saturated heterocycles. The lowest BCUT2D eigenvalue weighted by Crippen LogP contribution is -2.22. The summed E-state index contributed by atoms with van der Waals surface area (Å²) in [4.78, 5) is 17.9. The number of para-hydroxylation sites is 1. The zero-order valence-corrected chi connectivity index (χ0v) is 18.1. The molecule has 0 radical (unpaired) electrons. The molecule has 28 heavy (non-hydrogen) atoms. The topological polar surface area (TPSA) is 81.9 Å². The molecule has 1 amide bonds. The summed E-state index contributed by atoms with van der Waals surface area (Å²) in [6.07, 6.45) is 0. The van der Waals surface area contributed by atoms with Crippen LogP contribution in [0.2, 0.25) is 0 Å². The van der Waals surface area contributed by atoms with Crippen molar-refractivity contribution in [2.75, 3.05) is 5.32 Å². The lowest BCUT2D eigenvalue weighted by molar-refractivity contribution is -0.115. The van der Waals surface area contributed by atoms with Gasteiger partial charge in [-0.1, -0.05) is 30.0 Å². The summed E-state index contributed by atoms with van der Waals surface area (Å²) in [5.74, 6) is 1.41. The molecule has 9 heteroatoms. The number of nitrogens with one attached hydrogen (secondary N) is 1. The number of thioether (sulfide) groups is 1. The van der Waals surface area contributed by atoms with E-state index in [4.69, 9.17) is 4.74 Å². The van der Waals surface area contributed by atoms with Gasteiger partial charge in [0.2, 0.25) is 5.91 Å². The summed E-state index contributed by atoms with van der Waals surface area (Å²) in [5, 5.41) is 12.2. The van der Waals surface area contributed by atoms with Gasteiger partial charge in [-0.15, -0.1) is 21.5 Å². The molecule has 1 aromatic carbocycles. The Morgan fingerprint density at radius 1 is 1.29 bits per heavy atom. The van der Waals surface area contributed by atoms with Crippen LogP contribution in [0, 0.1) is 20.8 Å². The van der Waals surface area contributed by atoms with Crippen molar-refractivity contribution in [3.05, 3.63) is 46.2 Å². The zero-order valence-electron chi connectivity index (χ0n) is 16.5. The van der Waals surface area contributed by atoms with E-state index in [0.717, 1.165) is 21.9 Å². The number of hydrogen-bond donors (Lipinski definition) is 1. The standard InChI is InChI=1S/C19H23N5O2S2/c1-11-8-6-7-9-15(11)26-10-16-22-23-19(24(16)5)28-14(4)17(25)21-18-20-12(2)13(3)27-18/h6-9,14H,10H2,1-5H3,(H,20,21,25)/t14-/m0/s1. The molecule has 0 aliphatic heterocycles. The Balaban J connectivity index is 1.60. The first-order valence-electron chi connectivity index (χ1n) is 8.83. The fourth-order valence-corrected chi connectivity index (χ4v) is 4.03. The summed E-state index contributed by atoms with van der Waals surface area (Å²) < 4.78 is 7.69. The molecule has 0 bridgehead atoms. The quantitative estimate of drug-likeness (QED) is 0.587. The molecule has 1 N–H and O–H groups in total. The van der Waals surface area contributed by atoms with Gasteiger partial charge in [0.1, 0.15) is 12.4 Å². The highest BCUT2D eigenvalue weighted by Crippen LogP contribution is 2.25. The number of aromatic nitrogens is 4. The van der Waals surface area contributed by atoms with Crippen LogP contribution in [-0.4, -0.2) is 30.9 Å². The molecule has 1 atom stereocenters. The second-order valence-electron chi connectivity index (χ2n) is 6.42. The van der Waals surface area contributed by atoms with Crippen LogP contribution in [0.3, 0.4) is 0 Å². The predicted molar refractivity (Wildman–Crippen MR) is 112 cm³/mol. The first kappa shape index (κ1) is 20.3. The summed E-state index contributed by atoms with van der Waals surface area (Å²) in [6.45, 7) is 8.07. The molecule has 7 nitrogen and oxygen atoms in total. The molecule has 148 valence electrons. The van der Waals surface area contributed by atoms with E-state index in [1.165, 1.54) is 23.1 Å². The number of carbonyl (C=O) groups is 1. The first-order valence-corrected chi connectivity index (χ1v) is 10.5. The average Bonchev–Trinajstić information content (AvgIpc) is 3.16. The maximum atomic E-state index is 12.5. The molecule has 3 rings (SSSR count). The second kappa shape index (κ2) is 8.74. The third kappa shape index (κ3) is 4.71. The summed E-state index contributed by atoms with van der Waals surface area (Å²) in [5.41, 5.74) is 2.00. The third-order valence-electron chi connectivity index (χ3n) is 4.29. The lowest BCUT2D eigenvalue weighted by atomic mass is 10.2. The van der Waals surface area contributed by atoms with E-state index in [0.29, 0.717) is 22.7 Å². The van der Waals surface area contributed by atoms with Crippen LogP contribution in [0.1, 0.15) is 28.9 Å². The predicted octanol–water partition coefficient (Wildman–Crippen LogP) is 3.90. The van der Waals surface area contributed by atoms with E-state index in [1.54, 1.807) is 0 Å². The second-order valence-corrected chi connectivity index (χ2v) is 8.93. The van der Waals surface area contributed by atoms with Crippen molar-refractivity contribution in [1.29, 1.82) is 0 Å². The Hall–Kier alpha value is -2.39. The minimum Gasteiger partial charge on any atom is -0.485 e. The molecule has 2 aromatic heterocycles. The van der Waals surface area contributed by atoms with E-state index in [-0.39, 0.29) is 11.2 Å². The van der Waals surface area contributed by atoms with Crippen molar-refractivity contribution < 1.29 is 9.53 Å². The Labute approximate surface area is 172 Å². The molecule has 0 fully saturated rings. The Morgan fingerprint density at radius 3 is 2.71 bits per heavy atom. The summed E-state index contributed by atoms with van der Waals surface area (Å²) in [7, 11) is 1.87. The molecular weight excluding hydrogens is 394 g/mol. The summed E-state index contributed by atoms with van der Waals surface area (Å²) in [6, 6.07) is 7.83. The Kier molecular flexibility index (Phi) is 6.35. The van der Waals surface area contributed by atoms with Crippen molar-refractivity contribution >= 4 is 34.1 Å². The van der Waals surface area contributed by atoms with E-state index < -0.39 is 0 Å². The number of anilines is 1. The SMILES string of the molecule is Cc1ccccc1OCc1nnc(S[C@@H](C)C(=O)Nc2nc(C)c(C)s2)n1C. The van der Waals surface area contributed by atoms with Gasteiger partial charge in [-0.3, -0.25) is 4.79 Å². The van der Waals surface area contributed by atoms with E-state index in [2.05, 4.69) is 20.5 Å². The van der Waals surface area contributed by atoms with Crippen molar-refractivity contribution in [3.63, 3.8) is 0 Å². The number of benzene rings is 1. The highest BCUT2D eigenvalue weighted by Gasteiger charge is 2.20. The van der Waals surface area contributed by atoms with Crippen molar-refractivity contribution in [3.8, 4) is 5.75 Å². The third-order valence-corrected chi connectivity index (χ3v) is 6.41. The van der Waals surface area contributed by atoms with Crippen LogP contribution in [-0.2, 0) is 18.4 Å². The fourth-order valence-electron chi connectivity index (χ4n) is 2.38. The van der Waals surface area contributed by atoms with Gasteiger partial charge >= 0.3 is 0 Å². The van der Waals surface area contributed by atoms with Crippen molar-refractivity contribution in [2.24, 2.45) is 7.05 Å². The fraction of sp³-hybridized carbons (Fsp3) is 0.368. The highest BCUT2D eigenvalue weighted by molar-refractivity contribution is 8.00. The number of hydrogen-bond acceptors (Lipinski definition) is 7. The maximum Gasteiger partial charge on any atom is 0.239 e. The maximum absolute atomic E-state index is 12.5. The summed E-state index contributed by atoms with van der Waals surface area (Å²) >= 11 is 2.83. The van der Waals surface area contributed by atoms with Crippen LogP contribution in [0.5, 0.6) is 5.75 Å². The molecule has 3 aromatic rings. The monoisotopic (exact) mass is 417 g/mol. The number of carbonyl (C=O) groups excluding carboxylic acids is 1. The van der Waals surface area contributed by atoms with Gasteiger partial charge in [0.05, 0.1) is 10.9 Å². The minimum atomic E-state index is -0.336. The normalized spacial score (nSPS) is 12.0. The van der Waals surface area contributed by atoms with Gasteiger partial charge in [0, 0.05) is 11.9 Å². The van der Waals surface area contributed by atoms with E-state index >= 15 is 0 Å². The molecule has 0 unspecified atom stereocenters. The van der Waals surface area contributed by atoms with Gasteiger partial charge in [0.15, 0.2) is 16.1 Å². The molecule has 0 saturated carbocycles. The Bertz CT molecular complexity index is 963. The zero-order chi connectivity index (χ0) is 20.3. The number of amides is 1. The molecular formula is C19H23N5O2S2. The van der Waals surface area contributed by atoms with Gasteiger partial charge < -0.3 is 14.6 Å². The number of nitrogens with zero attached hydrogens (tertiary/aromatic N) is 4. The smallest absolute Gasteiger partial charge is 0.239 e. The number of thiazole rings is 1. The van der Waals surface area contributed by atoms with Crippen LogP contribution in [0.15, 0.2) is 29.4 Å². The van der Waals surface area contributed by atoms with Crippen molar-refractivity contribution in [2.45, 2.75) is 44.7 Å². The van der Waals surface area contributed by atoms with Crippen LogP contribution in [0.4, 0.5) is 5.13 Å². The lowest BCUT2D eigenvalue weighted by Gasteiger charge is -2.11. The van der Waals surface area contributed by atoms with Crippen LogP contribution >= 0.6 is 23.1 Å². The number of aryl methyl sites for hydroxylation is 3. The molecule has 2 heterocycles. The van der Waals surface area contributed by atoms with Crippen LogP contribution < -0.4 is 10.1 Å². The average molecular weight is 418 g/mol. The highest BCUT2D eigenvalue weighted by atomic mass is 32.2. The largest absolute Gasteiger partial charge is 0.485 e. The van der Waals surface area contributed by atoms with E-state index in [1.807, 2.05) is 63.6 Å². The molecule has 0 aliphatic rings. The number of rotatable bonds is 7. The Morgan fingerprint density at radius 2 is 2.04 bits per heavy atom. The van der Waals surface area contributed by atoms with Gasteiger partial charge in [0.25, 0.3) is 0 Å². The van der Waals surface area contributed by atoms with Gasteiger partial charge in [-0.25, -0.2) is 4.98 Å². The first-order chi connectivity index (χ1) is 13.3. The van der Waals surface area contributed by atoms with Crippen LogP contribution in [0.25, 0.3) is 0 Å². The van der Waals surface area contributed by atoms with Crippen molar-refractivity contribution in [1.82, 2.24) is 19.7 Å². The minimum absolute atomic E-state index is 0.112.